The molecule has 0 saturated carbocycles. The van der Waals surface area contributed by atoms with Crippen molar-refractivity contribution in [1.29, 1.82) is 0 Å². The van der Waals surface area contributed by atoms with Crippen molar-refractivity contribution in [2.24, 2.45) is 23.5 Å². The van der Waals surface area contributed by atoms with Gasteiger partial charge in [-0.1, -0.05) is 0 Å². The van der Waals surface area contributed by atoms with Crippen LogP contribution in [0.4, 0.5) is 0 Å². The molecule has 0 radical (unpaired) electrons. The molecule has 1 aliphatic heterocycles. The van der Waals surface area contributed by atoms with Crippen molar-refractivity contribution in [3.8, 4) is 0 Å². The third-order valence-electron chi connectivity index (χ3n) is 3.83. The molecule has 2 heteroatoms. The van der Waals surface area contributed by atoms with E-state index >= 15 is 0 Å². The molecule has 0 aromatic carbocycles. The first-order valence-corrected chi connectivity index (χ1v) is 11.4. The van der Waals surface area contributed by atoms with Gasteiger partial charge in [-0.05, 0) is 0 Å². The molecule has 1 heterocycles. The minimum absolute atomic E-state index is 0.587. The van der Waals surface area contributed by atoms with Crippen LogP contribution < -0.4 is 5.73 Å². The van der Waals surface area contributed by atoms with Gasteiger partial charge in [-0.2, -0.15) is 0 Å². The van der Waals surface area contributed by atoms with Crippen molar-refractivity contribution in [1.82, 2.24) is 0 Å². The van der Waals surface area contributed by atoms with Crippen LogP contribution >= 0.6 is 19.8 Å². The number of rotatable bonds is 2. The van der Waals surface area contributed by atoms with Gasteiger partial charge in [0.1, 0.15) is 0 Å². The van der Waals surface area contributed by atoms with E-state index in [0.29, 0.717) is 0 Å². The Kier molecular flexibility index (Phi) is 4.50. The summed E-state index contributed by atoms with van der Waals surface area (Å²) in [7, 11) is 0. The fraction of sp³-hybridized carbons (Fsp3) is 0.846. The van der Waals surface area contributed by atoms with Crippen LogP contribution in [0.15, 0.2) is 12.2 Å². The van der Waals surface area contributed by atoms with Crippen molar-refractivity contribution in [3.63, 3.8) is 0 Å². The second-order valence-corrected chi connectivity index (χ2v) is 11.0. The molecule has 3 unspecified atom stereocenters. The molecule has 2 rings (SSSR count). The third-order valence-corrected chi connectivity index (χ3v) is 8.98. The zero-order valence-electron chi connectivity index (χ0n) is 9.79. The van der Waals surface area contributed by atoms with Crippen LogP contribution in [-0.2, 0) is 0 Å². The molecule has 0 aromatic heterocycles. The van der Waals surface area contributed by atoms with Crippen LogP contribution in [0.3, 0.4) is 0 Å². The maximum atomic E-state index is 5.74. The van der Waals surface area contributed by atoms with Crippen LogP contribution in [0.5, 0.6) is 0 Å². The first kappa shape index (κ1) is 11.9. The molecular formula is C13H24IN. The van der Waals surface area contributed by atoms with Gasteiger partial charge in [0.15, 0.2) is 0 Å². The van der Waals surface area contributed by atoms with Gasteiger partial charge in [0.25, 0.3) is 0 Å². The number of nitrogens with two attached hydrogens (primary N) is 1. The quantitative estimate of drug-likeness (QED) is 0.472. The monoisotopic (exact) mass is 321 g/mol. The van der Waals surface area contributed by atoms with Gasteiger partial charge in [0.05, 0.1) is 0 Å². The number of hydrogen-bond donors (Lipinski definition) is 1. The molecule has 0 fully saturated rings. The number of hydrogen-bond acceptors (Lipinski definition) is 1. The van der Waals surface area contributed by atoms with Gasteiger partial charge in [-0.25, -0.2) is 0 Å². The molecule has 3 atom stereocenters. The minimum atomic E-state index is -0.587. The molecule has 0 spiro atoms. The molecule has 1 nitrogen and oxygen atoms in total. The zero-order chi connectivity index (χ0) is 10.7. The van der Waals surface area contributed by atoms with Gasteiger partial charge >= 0.3 is 101 Å². The summed E-state index contributed by atoms with van der Waals surface area (Å²) < 4.78 is 3.13. The van der Waals surface area contributed by atoms with Crippen LogP contribution in [-0.4, -0.2) is 20.3 Å². The van der Waals surface area contributed by atoms with Crippen LogP contribution in [0.1, 0.15) is 25.7 Å². The van der Waals surface area contributed by atoms with E-state index in [9.17, 15) is 0 Å². The van der Waals surface area contributed by atoms with E-state index in [1.54, 1.807) is 8.86 Å². The van der Waals surface area contributed by atoms with Gasteiger partial charge in [0, 0.05) is 0 Å². The van der Waals surface area contributed by atoms with Crippen LogP contribution in [0.2, 0.25) is 0 Å². The summed E-state index contributed by atoms with van der Waals surface area (Å²) in [4.78, 5) is 2.59. The molecule has 0 amide bonds. The van der Waals surface area contributed by atoms with Gasteiger partial charge in [-0.3, -0.25) is 0 Å². The Hall–Kier alpha value is 0.430. The Morgan fingerprint density at radius 3 is 2.93 bits per heavy atom. The average molecular weight is 321 g/mol. The van der Waals surface area contributed by atoms with E-state index in [1.165, 1.54) is 25.7 Å². The summed E-state index contributed by atoms with van der Waals surface area (Å²) in [6, 6.07) is 0. The van der Waals surface area contributed by atoms with Crippen LogP contribution in [0.25, 0.3) is 0 Å². The average Bonchev–Trinajstić information content (AvgIpc) is 2.33. The molecule has 2 aliphatic rings. The van der Waals surface area contributed by atoms with E-state index in [4.69, 9.17) is 5.73 Å². The number of fused-ring (bicyclic) bond motifs is 2. The van der Waals surface area contributed by atoms with Crippen molar-refractivity contribution >= 4 is 19.8 Å². The van der Waals surface area contributed by atoms with E-state index < -0.39 is 19.8 Å². The van der Waals surface area contributed by atoms with Crippen LogP contribution in [0, 0.1) is 17.8 Å². The molecule has 0 aromatic rings. The summed E-state index contributed by atoms with van der Waals surface area (Å²) >= 11 is -0.587. The molecule has 15 heavy (non-hydrogen) atoms. The van der Waals surface area contributed by atoms with Crippen molar-refractivity contribution in [3.05, 3.63) is 12.2 Å². The molecule has 0 saturated heterocycles. The molecular weight excluding hydrogens is 297 g/mol. The van der Waals surface area contributed by atoms with E-state index in [0.717, 1.165) is 24.3 Å². The number of halogens is 1. The summed E-state index contributed by atoms with van der Waals surface area (Å²) in [5.41, 5.74) is 5.74. The first-order valence-electron chi connectivity index (χ1n) is 6.20. The molecule has 2 bridgehead atoms. The standard InChI is InChI=1S/C13H24IN/c1-14-9-11-3-2-4-12(7-8-15)13(10-14)6-5-11/h5-6,11-13H,2-4,7-10,15H2,1H3. The summed E-state index contributed by atoms with van der Waals surface area (Å²) in [6.45, 7) is 0.885. The van der Waals surface area contributed by atoms with E-state index in [-0.39, 0.29) is 0 Å². The summed E-state index contributed by atoms with van der Waals surface area (Å²) in [5, 5.41) is 0. The predicted octanol–water partition coefficient (Wildman–Crippen LogP) is 3.07. The second kappa shape index (κ2) is 5.67. The predicted molar refractivity (Wildman–Crippen MR) is 76.8 cm³/mol. The fourth-order valence-electron chi connectivity index (χ4n) is 2.99. The number of allylic oxidation sites excluding steroid dienone is 2. The maximum absolute atomic E-state index is 5.74. The van der Waals surface area contributed by atoms with Crippen molar-refractivity contribution < 1.29 is 0 Å². The van der Waals surface area contributed by atoms with Crippen molar-refractivity contribution in [2.45, 2.75) is 25.7 Å². The summed E-state index contributed by atoms with van der Waals surface area (Å²) in [6.07, 6.45) is 10.7. The van der Waals surface area contributed by atoms with Crippen molar-refractivity contribution in [2.75, 3.05) is 20.3 Å². The number of alkyl halides is 3. The SMILES string of the molecule is CI1CC2C=CC(C1)C(CCN)CCC2. The second-order valence-electron chi connectivity index (χ2n) is 5.11. The van der Waals surface area contributed by atoms with E-state index in [2.05, 4.69) is 17.1 Å². The Bertz CT molecular complexity index is 227. The third kappa shape index (κ3) is 3.19. The Balaban J connectivity index is 2.09. The van der Waals surface area contributed by atoms with Gasteiger partial charge in [0.2, 0.25) is 0 Å². The van der Waals surface area contributed by atoms with E-state index in [1.807, 2.05) is 0 Å². The Morgan fingerprint density at radius 2 is 2.13 bits per heavy atom. The molecule has 2 N–H and O–H groups in total. The molecule has 88 valence electrons. The topological polar surface area (TPSA) is 26.0 Å². The fourth-order valence-corrected chi connectivity index (χ4v) is 8.77. The first-order chi connectivity index (χ1) is 7.29. The van der Waals surface area contributed by atoms with Gasteiger partial charge in [-0.15, -0.1) is 0 Å². The van der Waals surface area contributed by atoms with Gasteiger partial charge < -0.3 is 0 Å². The molecule has 1 aliphatic carbocycles. The zero-order valence-corrected chi connectivity index (χ0v) is 11.9. The summed E-state index contributed by atoms with van der Waals surface area (Å²) in [5.74, 6) is 2.75. The Morgan fingerprint density at radius 1 is 1.27 bits per heavy atom. The Labute approximate surface area is 101 Å². The normalized spacial score (nSPS) is 38.5.